The number of methoxy groups -OCH3 is 1. The van der Waals surface area contributed by atoms with E-state index >= 15 is 0 Å². The number of rotatable bonds is 5. The standard InChI is InChI=1S/C16H16BrF2NO/c1-3-20-16(12-6-5-11(18)9-14(12)19)13-8-10(17)4-7-15(13)21-2/h4-9,16,20H,3H2,1-2H3. The maximum absolute atomic E-state index is 14.1. The van der Waals surface area contributed by atoms with Crippen LogP contribution in [0.2, 0.25) is 0 Å². The summed E-state index contributed by atoms with van der Waals surface area (Å²) in [6.45, 7) is 2.57. The van der Waals surface area contributed by atoms with E-state index in [2.05, 4.69) is 21.2 Å². The number of benzene rings is 2. The second-order valence-corrected chi connectivity index (χ2v) is 5.46. The molecule has 0 aliphatic heterocycles. The SMILES string of the molecule is CCNC(c1ccc(F)cc1F)c1cc(Br)ccc1OC. The van der Waals surface area contributed by atoms with Gasteiger partial charge in [0, 0.05) is 21.7 Å². The maximum Gasteiger partial charge on any atom is 0.131 e. The molecule has 0 saturated carbocycles. The van der Waals surface area contributed by atoms with Crippen LogP contribution in [0.5, 0.6) is 5.75 Å². The smallest absolute Gasteiger partial charge is 0.131 e. The number of nitrogens with one attached hydrogen (secondary N) is 1. The molecule has 1 unspecified atom stereocenters. The minimum absolute atomic E-state index is 0.384. The van der Waals surface area contributed by atoms with Crippen LogP contribution in [0.25, 0.3) is 0 Å². The lowest BCUT2D eigenvalue weighted by molar-refractivity contribution is 0.403. The van der Waals surface area contributed by atoms with Crippen LogP contribution in [0.4, 0.5) is 8.78 Å². The highest BCUT2D eigenvalue weighted by molar-refractivity contribution is 9.10. The van der Waals surface area contributed by atoms with Crippen LogP contribution < -0.4 is 10.1 Å². The van der Waals surface area contributed by atoms with E-state index in [0.29, 0.717) is 17.9 Å². The van der Waals surface area contributed by atoms with Gasteiger partial charge in [0.2, 0.25) is 0 Å². The third-order valence-corrected chi connectivity index (χ3v) is 3.68. The number of hydrogen-bond acceptors (Lipinski definition) is 2. The molecule has 0 aromatic heterocycles. The normalized spacial score (nSPS) is 12.2. The topological polar surface area (TPSA) is 21.3 Å². The Kier molecular flexibility index (Phi) is 5.31. The van der Waals surface area contributed by atoms with Gasteiger partial charge in [0.15, 0.2) is 0 Å². The van der Waals surface area contributed by atoms with E-state index in [1.54, 1.807) is 7.11 Å². The summed E-state index contributed by atoms with van der Waals surface area (Å²) < 4.78 is 33.4. The molecule has 2 rings (SSSR count). The molecule has 21 heavy (non-hydrogen) atoms. The Hall–Kier alpha value is -1.46. The summed E-state index contributed by atoms with van der Waals surface area (Å²) in [5, 5.41) is 3.21. The lowest BCUT2D eigenvalue weighted by Crippen LogP contribution is -2.23. The third kappa shape index (κ3) is 3.60. The fraction of sp³-hybridized carbons (Fsp3) is 0.250. The van der Waals surface area contributed by atoms with Crippen molar-refractivity contribution in [3.63, 3.8) is 0 Å². The van der Waals surface area contributed by atoms with Gasteiger partial charge in [-0.2, -0.15) is 0 Å². The molecule has 0 aliphatic rings. The van der Waals surface area contributed by atoms with Crippen molar-refractivity contribution < 1.29 is 13.5 Å². The first-order chi connectivity index (χ1) is 10.1. The summed E-state index contributed by atoms with van der Waals surface area (Å²) in [6.07, 6.45) is 0. The first-order valence-electron chi connectivity index (χ1n) is 6.58. The van der Waals surface area contributed by atoms with Crippen molar-refractivity contribution in [2.45, 2.75) is 13.0 Å². The molecule has 0 saturated heterocycles. The number of halogens is 3. The summed E-state index contributed by atoms with van der Waals surface area (Å²) >= 11 is 3.41. The van der Waals surface area contributed by atoms with Gasteiger partial charge >= 0.3 is 0 Å². The Morgan fingerprint density at radius 3 is 2.52 bits per heavy atom. The first-order valence-corrected chi connectivity index (χ1v) is 7.38. The molecule has 1 N–H and O–H groups in total. The summed E-state index contributed by atoms with van der Waals surface area (Å²) in [5.41, 5.74) is 1.17. The van der Waals surface area contributed by atoms with Crippen LogP contribution in [0.3, 0.4) is 0 Å². The molecule has 1 atom stereocenters. The molecule has 0 heterocycles. The lowest BCUT2D eigenvalue weighted by Gasteiger charge is -2.22. The van der Waals surface area contributed by atoms with Crippen LogP contribution in [0, 0.1) is 11.6 Å². The Bertz CT molecular complexity index is 634. The Morgan fingerprint density at radius 1 is 1.14 bits per heavy atom. The van der Waals surface area contributed by atoms with Crippen LogP contribution >= 0.6 is 15.9 Å². The van der Waals surface area contributed by atoms with Crippen LogP contribution in [-0.2, 0) is 0 Å². The van der Waals surface area contributed by atoms with Gasteiger partial charge in [-0.3, -0.25) is 0 Å². The van der Waals surface area contributed by atoms with Crippen molar-refractivity contribution in [1.82, 2.24) is 5.32 Å². The van der Waals surface area contributed by atoms with E-state index in [9.17, 15) is 8.78 Å². The quantitative estimate of drug-likeness (QED) is 0.856. The van der Waals surface area contributed by atoms with Gasteiger partial charge in [-0.1, -0.05) is 28.9 Å². The fourth-order valence-corrected chi connectivity index (χ4v) is 2.64. The molecule has 2 aromatic carbocycles. The molecule has 0 amide bonds. The van der Waals surface area contributed by atoms with E-state index in [4.69, 9.17) is 4.74 Å². The summed E-state index contributed by atoms with van der Waals surface area (Å²) in [5.74, 6) is -0.524. The van der Waals surface area contributed by atoms with E-state index in [1.807, 2.05) is 25.1 Å². The molecule has 0 bridgehead atoms. The third-order valence-electron chi connectivity index (χ3n) is 3.18. The van der Waals surface area contributed by atoms with Crippen molar-refractivity contribution in [3.8, 4) is 5.75 Å². The monoisotopic (exact) mass is 355 g/mol. The van der Waals surface area contributed by atoms with Gasteiger partial charge in [-0.15, -0.1) is 0 Å². The average molecular weight is 356 g/mol. The molecular formula is C16H16BrF2NO. The highest BCUT2D eigenvalue weighted by Gasteiger charge is 2.21. The largest absolute Gasteiger partial charge is 0.496 e. The molecule has 0 fully saturated rings. The lowest BCUT2D eigenvalue weighted by atomic mass is 9.97. The molecule has 0 radical (unpaired) electrons. The minimum Gasteiger partial charge on any atom is -0.496 e. The van der Waals surface area contributed by atoms with Gasteiger partial charge < -0.3 is 10.1 Å². The second kappa shape index (κ2) is 7.00. The maximum atomic E-state index is 14.1. The zero-order valence-electron chi connectivity index (χ0n) is 11.8. The van der Waals surface area contributed by atoms with Gasteiger partial charge in [-0.05, 0) is 30.8 Å². The van der Waals surface area contributed by atoms with Gasteiger partial charge in [-0.25, -0.2) is 8.78 Å². The highest BCUT2D eigenvalue weighted by atomic mass is 79.9. The fourth-order valence-electron chi connectivity index (χ4n) is 2.26. The Morgan fingerprint density at radius 2 is 1.90 bits per heavy atom. The predicted molar refractivity (Wildman–Crippen MR) is 82.6 cm³/mol. The molecule has 0 spiro atoms. The van der Waals surface area contributed by atoms with Gasteiger partial charge in [0.25, 0.3) is 0 Å². The van der Waals surface area contributed by atoms with Crippen LogP contribution in [0.1, 0.15) is 24.1 Å². The van der Waals surface area contributed by atoms with Crippen molar-refractivity contribution in [1.29, 1.82) is 0 Å². The highest BCUT2D eigenvalue weighted by Crippen LogP contribution is 2.33. The van der Waals surface area contributed by atoms with Gasteiger partial charge in [0.1, 0.15) is 17.4 Å². The first kappa shape index (κ1) is 15.9. The second-order valence-electron chi connectivity index (χ2n) is 4.54. The molecule has 2 nitrogen and oxygen atoms in total. The molecule has 2 aromatic rings. The Balaban J connectivity index is 2.55. The summed E-state index contributed by atoms with van der Waals surface area (Å²) in [4.78, 5) is 0. The predicted octanol–water partition coefficient (Wildman–Crippen LogP) is 4.43. The van der Waals surface area contributed by atoms with E-state index in [1.165, 1.54) is 12.1 Å². The van der Waals surface area contributed by atoms with E-state index < -0.39 is 17.7 Å². The number of hydrogen-bond donors (Lipinski definition) is 1. The summed E-state index contributed by atoms with van der Waals surface area (Å²) in [7, 11) is 1.57. The van der Waals surface area contributed by atoms with Crippen LogP contribution in [0.15, 0.2) is 40.9 Å². The van der Waals surface area contributed by atoms with E-state index in [-0.39, 0.29) is 0 Å². The van der Waals surface area contributed by atoms with Gasteiger partial charge in [0.05, 0.1) is 13.2 Å². The van der Waals surface area contributed by atoms with Crippen molar-refractivity contribution in [3.05, 3.63) is 63.6 Å². The zero-order valence-corrected chi connectivity index (χ0v) is 13.4. The zero-order chi connectivity index (χ0) is 15.4. The van der Waals surface area contributed by atoms with Crippen molar-refractivity contribution in [2.75, 3.05) is 13.7 Å². The Labute approximate surface area is 131 Å². The molecule has 5 heteroatoms. The van der Waals surface area contributed by atoms with Crippen molar-refractivity contribution >= 4 is 15.9 Å². The van der Waals surface area contributed by atoms with Crippen molar-refractivity contribution in [2.24, 2.45) is 0 Å². The molecular weight excluding hydrogens is 340 g/mol. The summed E-state index contributed by atoms with van der Waals surface area (Å²) in [6, 6.07) is 8.73. The number of ether oxygens (including phenoxy) is 1. The minimum atomic E-state index is -0.590. The van der Waals surface area contributed by atoms with Crippen LogP contribution in [-0.4, -0.2) is 13.7 Å². The molecule has 112 valence electrons. The molecule has 0 aliphatic carbocycles. The van der Waals surface area contributed by atoms with E-state index in [0.717, 1.165) is 16.1 Å². The average Bonchev–Trinajstić information content (AvgIpc) is 2.45.